The molecule has 0 radical (unpaired) electrons. The summed E-state index contributed by atoms with van der Waals surface area (Å²) < 4.78 is 33.3. The van der Waals surface area contributed by atoms with E-state index in [4.69, 9.17) is 4.43 Å². The minimum absolute atomic E-state index is 0.185. The molecule has 0 unspecified atom stereocenters. The van der Waals surface area contributed by atoms with E-state index in [2.05, 4.69) is 39.0 Å². The van der Waals surface area contributed by atoms with Crippen LogP contribution < -0.4 is 0 Å². The lowest BCUT2D eigenvalue weighted by atomic mass is 10.1. The Morgan fingerprint density at radius 1 is 1.14 bits per heavy atom. The van der Waals surface area contributed by atoms with E-state index >= 15 is 0 Å². The van der Waals surface area contributed by atoms with Crippen LogP contribution >= 0.6 is 0 Å². The maximum atomic E-state index is 12.9. The molecule has 1 aliphatic rings. The fourth-order valence-electron chi connectivity index (χ4n) is 2.64. The predicted molar refractivity (Wildman–Crippen MR) is 119 cm³/mol. The van der Waals surface area contributed by atoms with Crippen LogP contribution in [0.3, 0.4) is 0 Å². The zero-order valence-corrected chi connectivity index (χ0v) is 20.1. The second-order valence-corrected chi connectivity index (χ2v) is 15.7. The van der Waals surface area contributed by atoms with Crippen LogP contribution in [0.25, 0.3) is 0 Å². The molecule has 1 aromatic carbocycles. The summed E-state index contributed by atoms with van der Waals surface area (Å²) in [6.07, 6.45) is 3.52. The van der Waals surface area contributed by atoms with Crippen molar-refractivity contribution in [2.45, 2.75) is 70.5 Å². The van der Waals surface area contributed by atoms with Gasteiger partial charge < -0.3 is 4.43 Å². The Balaban J connectivity index is 2.05. The summed E-state index contributed by atoms with van der Waals surface area (Å²) in [6, 6.07) is 6.89. The topological polar surface area (TPSA) is 59.0 Å². The average Bonchev–Trinajstić information content (AvgIpc) is 2.57. The van der Waals surface area contributed by atoms with E-state index in [1.54, 1.807) is 12.1 Å². The molecule has 28 heavy (non-hydrogen) atoms. The Morgan fingerprint density at radius 3 is 2.32 bits per heavy atom. The molecule has 1 aliphatic heterocycles. The van der Waals surface area contributed by atoms with Gasteiger partial charge in [0, 0.05) is 6.61 Å². The molecule has 7 heteroatoms. The van der Waals surface area contributed by atoms with Crippen LogP contribution in [0.2, 0.25) is 18.1 Å². The van der Waals surface area contributed by atoms with Crippen LogP contribution in [0.1, 0.15) is 46.1 Å². The van der Waals surface area contributed by atoms with E-state index in [-0.39, 0.29) is 9.93 Å². The lowest BCUT2D eigenvalue weighted by Crippen LogP contribution is -2.41. The highest BCUT2D eigenvalue weighted by atomic mass is 32.2. The molecule has 0 saturated heterocycles. The number of rotatable bonds is 7. The Kier molecular flexibility index (Phi) is 6.94. The summed E-state index contributed by atoms with van der Waals surface area (Å²) in [5, 5.41) is 4.61. The van der Waals surface area contributed by atoms with Crippen molar-refractivity contribution in [3.63, 3.8) is 0 Å². The molecule has 1 heterocycles. The number of nitrogens with zero attached hydrogens (tertiary/aromatic N) is 2. The number of hydrazone groups is 1. The van der Waals surface area contributed by atoms with E-state index < -0.39 is 18.3 Å². The van der Waals surface area contributed by atoms with Crippen molar-refractivity contribution < 1.29 is 12.8 Å². The van der Waals surface area contributed by atoms with Gasteiger partial charge in [0.1, 0.15) is 0 Å². The number of hydrogen-bond acceptors (Lipinski definition) is 4. The average molecular weight is 423 g/mol. The predicted octanol–water partition coefficient (Wildman–Crippen LogP) is 5.10. The molecule has 0 amide bonds. The quantitative estimate of drug-likeness (QED) is 0.453. The zero-order chi connectivity index (χ0) is 21.2. The molecule has 0 N–H and O–H groups in total. The van der Waals surface area contributed by atoms with Crippen molar-refractivity contribution in [1.82, 2.24) is 4.41 Å². The minimum Gasteiger partial charge on any atom is -0.417 e. The second-order valence-electron chi connectivity index (χ2n) is 9.09. The molecule has 156 valence electrons. The summed E-state index contributed by atoms with van der Waals surface area (Å²) in [7, 11) is -5.40. The van der Waals surface area contributed by atoms with E-state index in [9.17, 15) is 8.42 Å². The first-order valence-corrected chi connectivity index (χ1v) is 14.2. The van der Waals surface area contributed by atoms with Crippen LogP contribution in [-0.4, -0.2) is 40.0 Å². The molecular weight excluding hydrogens is 388 g/mol. The Hall–Kier alpha value is -1.44. The van der Waals surface area contributed by atoms with Gasteiger partial charge in [-0.05, 0) is 68.6 Å². The molecule has 0 bridgehead atoms. The van der Waals surface area contributed by atoms with E-state index in [0.717, 1.165) is 23.3 Å². The molecule has 1 aromatic rings. The Labute approximate surface area is 171 Å². The van der Waals surface area contributed by atoms with E-state index in [1.165, 1.54) is 4.41 Å². The van der Waals surface area contributed by atoms with Gasteiger partial charge in [0.2, 0.25) is 0 Å². The lowest BCUT2D eigenvalue weighted by Gasteiger charge is -2.36. The zero-order valence-electron chi connectivity index (χ0n) is 18.2. The van der Waals surface area contributed by atoms with Gasteiger partial charge in [-0.1, -0.05) is 38.5 Å². The maximum Gasteiger partial charge on any atom is 0.279 e. The van der Waals surface area contributed by atoms with Gasteiger partial charge >= 0.3 is 0 Å². The normalized spacial score (nSPS) is 16.0. The first kappa shape index (κ1) is 22.8. The number of benzene rings is 1. The summed E-state index contributed by atoms with van der Waals surface area (Å²) in [4.78, 5) is 0.275. The standard InChI is InChI=1S/C21H34N2O3SSi/c1-17-10-12-20(13-11-17)27(24,25)23-16-18(2)15-19(22-23)9-8-14-26-28(6,7)21(3,4)5/h10-13,15H,8-9,14,16H2,1-7H3. The SMILES string of the molecule is CC1=CC(CCCO[Si](C)(C)C(C)(C)C)=NN(S(=O)(=O)c2ccc(C)cc2)C1. The van der Waals surface area contributed by atoms with Crippen LogP contribution in [0.5, 0.6) is 0 Å². The molecule has 5 nitrogen and oxygen atoms in total. The largest absolute Gasteiger partial charge is 0.417 e. The summed E-state index contributed by atoms with van der Waals surface area (Å²) in [6.45, 7) is 16.0. The van der Waals surface area contributed by atoms with Gasteiger partial charge in [-0.3, -0.25) is 0 Å². The van der Waals surface area contributed by atoms with Crippen molar-refractivity contribution in [3.05, 3.63) is 41.5 Å². The first-order valence-electron chi connectivity index (χ1n) is 9.81. The molecule has 0 atom stereocenters. The highest BCUT2D eigenvalue weighted by molar-refractivity contribution is 7.89. The molecule has 0 spiro atoms. The van der Waals surface area contributed by atoms with Gasteiger partial charge in [-0.2, -0.15) is 17.9 Å². The van der Waals surface area contributed by atoms with Gasteiger partial charge in [-0.15, -0.1) is 0 Å². The smallest absolute Gasteiger partial charge is 0.279 e. The molecule has 0 aliphatic carbocycles. The fourth-order valence-corrected chi connectivity index (χ4v) is 5.04. The Morgan fingerprint density at radius 2 is 1.75 bits per heavy atom. The summed E-state index contributed by atoms with van der Waals surface area (Å²) in [5.41, 5.74) is 2.81. The summed E-state index contributed by atoms with van der Waals surface area (Å²) in [5.74, 6) is 0. The van der Waals surface area contributed by atoms with E-state index in [1.807, 2.05) is 32.1 Å². The van der Waals surface area contributed by atoms with Crippen LogP contribution in [0.15, 0.2) is 45.9 Å². The second kappa shape index (κ2) is 8.51. The van der Waals surface area contributed by atoms with Crippen molar-refractivity contribution >= 4 is 24.1 Å². The molecule has 0 aromatic heterocycles. The van der Waals surface area contributed by atoms with Crippen LogP contribution in [-0.2, 0) is 14.4 Å². The van der Waals surface area contributed by atoms with Crippen molar-refractivity contribution in [1.29, 1.82) is 0 Å². The third-order valence-corrected chi connectivity index (χ3v) is 11.7. The maximum absolute atomic E-state index is 12.9. The molecular formula is C21H34N2O3SSi. The van der Waals surface area contributed by atoms with Gasteiger partial charge in [0.25, 0.3) is 10.0 Å². The van der Waals surface area contributed by atoms with Crippen LogP contribution in [0, 0.1) is 6.92 Å². The van der Waals surface area contributed by atoms with Crippen LogP contribution in [0.4, 0.5) is 0 Å². The highest BCUT2D eigenvalue weighted by Crippen LogP contribution is 2.36. The first-order chi connectivity index (χ1) is 12.8. The van der Waals surface area contributed by atoms with Crippen molar-refractivity contribution in [2.75, 3.05) is 13.2 Å². The van der Waals surface area contributed by atoms with Crippen molar-refractivity contribution in [3.8, 4) is 0 Å². The number of allylic oxidation sites excluding steroid dienone is 1. The number of hydrogen-bond donors (Lipinski definition) is 0. The monoisotopic (exact) mass is 422 g/mol. The third-order valence-electron chi connectivity index (χ3n) is 5.48. The Bertz CT molecular complexity index is 851. The fraction of sp³-hybridized carbons (Fsp3) is 0.571. The number of aryl methyl sites for hydroxylation is 1. The highest BCUT2D eigenvalue weighted by Gasteiger charge is 2.36. The molecule has 0 saturated carbocycles. The van der Waals surface area contributed by atoms with Gasteiger partial charge in [-0.25, -0.2) is 0 Å². The van der Waals surface area contributed by atoms with E-state index in [0.29, 0.717) is 19.6 Å². The molecule has 2 rings (SSSR count). The number of sulfonamides is 1. The van der Waals surface area contributed by atoms with Crippen molar-refractivity contribution in [2.24, 2.45) is 5.10 Å². The minimum atomic E-state index is -3.64. The summed E-state index contributed by atoms with van der Waals surface area (Å²) >= 11 is 0. The lowest BCUT2D eigenvalue weighted by molar-refractivity contribution is 0.284. The van der Waals surface area contributed by atoms with Gasteiger partial charge in [0.15, 0.2) is 8.32 Å². The molecule has 0 fully saturated rings. The third kappa shape index (κ3) is 5.55. The van der Waals surface area contributed by atoms with Gasteiger partial charge in [0.05, 0.1) is 17.2 Å².